The number of aryl methyl sites for hydroxylation is 1. The molecular weight excluding hydrogens is 268 g/mol. The Kier molecular flexibility index (Phi) is 3.10. The lowest BCUT2D eigenvalue weighted by Crippen LogP contribution is -1.94. The first kappa shape index (κ1) is 11.0. The number of para-hydroxylation sites is 1. The van der Waals surface area contributed by atoms with Crippen LogP contribution in [-0.2, 0) is 0 Å². The first-order valence-corrected chi connectivity index (χ1v) is 5.59. The van der Waals surface area contributed by atoms with E-state index in [9.17, 15) is 0 Å². The van der Waals surface area contributed by atoms with Gasteiger partial charge in [-0.15, -0.1) is 0 Å². The lowest BCUT2D eigenvalue weighted by Gasteiger charge is -2.09. The minimum absolute atomic E-state index is 0.653. The van der Waals surface area contributed by atoms with E-state index in [2.05, 4.69) is 20.9 Å². The predicted molar refractivity (Wildman–Crippen MR) is 67.6 cm³/mol. The van der Waals surface area contributed by atoms with Gasteiger partial charge < -0.3 is 10.5 Å². The highest BCUT2D eigenvalue weighted by Crippen LogP contribution is 2.29. The molecule has 0 fully saturated rings. The zero-order valence-corrected chi connectivity index (χ0v) is 10.4. The van der Waals surface area contributed by atoms with Crippen molar-refractivity contribution >= 4 is 21.6 Å². The van der Waals surface area contributed by atoms with E-state index in [1.807, 2.05) is 31.2 Å². The lowest BCUT2D eigenvalue weighted by atomic mass is 10.2. The highest BCUT2D eigenvalue weighted by Gasteiger charge is 2.04. The summed E-state index contributed by atoms with van der Waals surface area (Å²) in [5.41, 5.74) is 7.57. The van der Waals surface area contributed by atoms with Gasteiger partial charge in [0.1, 0.15) is 5.75 Å². The Bertz CT molecular complexity index is 514. The molecule has 82 valence electrons. The third-order valence-electron chi connectivity index (χ3n) is 2.19. The molecule has 0 radical (unpaired) electrons. The van der Waals surface area contributed by atoms with Crippen molar-refractivity contribution in [2.45, 2.75) is 6.92 Å². The first-order valence-electron chi connectivity index (χ1n) is 4.80. The van der Waals surface area contributed by atoms with Crippen molar-refractivity contribution in [2.24, 2.45) is 0 Å². The van der Waals surface area contributed by atoms with Gasteiger partial charge >= 0.3 is 0 Å². The van der Waals surface area contributed by atoms with Crippen molar-refractivity contribution in [1.29, 1.82) is 0 Å². The summed E-state index contributed by atoms with van der Waals surface area (Å²) >= 11 is 3.33. The van der Waals surface area contributed by atoms with Crippen LogP contribution in [0.3, 0.4) is 0 Å². The molecule has 2 N–H and O–H groups in total. The molecule has 0 bridgehead atoms. The quantitative estimate of drug-likeness (QED) is 0.855. The summed E-state index contributed by atoms with van der Waals surface area (Å²) < 4.78 is 6.52. The maximum Gasteiger partial charge on any atom is 0.150 e. The van der Waals surface area contributed by atoms with Gasteiger partial charge in [-0.1, -0.05) is 12.1 Å². The molecule has 0 aliphatic rings. The number of ether oxygens (including phenoxy) is 1. The maximum absolute atomic E-state index is 5.91. The minimum atomic E-state index is 0.653. The maximum atomic E-state index is 5.91. The Hall–Kier alpha value is -1.55. The summed E-state index contributed by atoms with van der Waals surface area (Å²) in [4.78, 5) is 4.02. The number of rotatable bonds is 2. The Morgan fingerprint density at radius 1 is 1.31 bits per heavy atom. The second-order valence-electron chi connectivity index (χ2n) is 3.43. The summed E-state index contributed by atoms with van der Waals surface area (Å²) in [6.07, 6.45) is 3.35. The van der Waals surface area contributed by atoms with E-state index >= 15 is 0 Å². The summed E-state index contributed by atoms with van der Waals surface area (Å²) in [6, 6.07) is 7.53. The van der Waals surface area contributed by atoms with Crippen LogP contribution in [0.2, 0.25) is 0 Å². The number of aromatic nitrogens is 1. The van der Waals surface area contributed by atoms with Crippen molar-refractivity contribution in [3.63, 3.8) is 0 Å². The van der Waals surface area contributed by atoms with E-state index in [0.29, 0.717) is 17.2 Å². The molecule has 1 aromatic heterocycles. The van der Waals surface area contributed by atoms with Gasteiger partial charge in [0.05, 0.1) is 11.9 Å². The number of nitrogens with two attached hydrogens (primary N) is 1. The van der Waals surface area contributed by atoms with Crippen molar-refractivity contribution < 1.29 is 4.74 Å². The molecule has 0 aliphatic heterocycles. The Morgan fingerprint density at radius 2 is 2.12 bits per heavy atom. The molecule has 0 saturated carbocycles. The normalized spacial score (nSPS) is 10.1. The largest absolute Gasteiger partial charge is 0.454 e. The van der Waals surface area contributed by atoms with E-state index < -0.39 is 0 Å². The summed E-state index contributed by atoms with van der Waals surface area (Å²) in [6.45, 7) is 1.95. The number of halogens is 1. The number of pyridine rings is 1. The van der Waals surface area contributed by atoms with Crippen LogP contribution < -0.4 is 10.5 Å². The van der Waals surface area contributed by atoms with Gasteiger partial charge in [0.2, 0.25) is 0 Å². The van der Waals surface area contributed by atoms with Crippen molar-refractivity contribution in [2.75, 3.05) is 5.73 Å². The van der Waals surface area contributed by atoms with Crippen LogP contribution in [0, 0.1) is 6.92 Å². The number of anilines is 1. The number of hydrogen-bond acceptors (Lipinski definition) is 3. The van der Waals surface area contributed by atoms with Gasteiger partial charge in [0, 0.05) is 10.7 Å². The van der Waals surface area contributed by atoms with Crippen LogP contribution in [0.5, 0.6) is 11.5 Å². The molecular formula is C12H11BrN2O. The van der Waals surface area contributed by atoms with E-state index in [4.69, 9.17) is 10.5 Å². The molecule has 0 spiro atoms. The van der Waals surface area contributed by atoms with Crippen LogP contribution in [-0.4, -0.2) is 4.98 Å². The number of hydrogen-bond donors (Lipinski definition) is 1. The van der Waals surface area contributed by atoms with Crippen molar-refractivity contribution in [3.8, 4) is 11.5 Å². The highest BCUT2D eigenvalue weighted by atomic mass is 79.9. The van der Waals surface area contributed by atoms with E-state index in [0.717, 1.165) is 10.0 Å². The molecule has 0 aliphatic carbocycles. The van der Waals surface area contributed by atoms with Crippen LogP contribution >= 0.6 is 15.9 Å². The fourth-order valence-electron chi connectivity index (χ4n) is 1.32. The monoisotopic (exact) mass is 278 g/mol. The molecule has 0 atom stereocenters. The molecule has 0 saturated heterocycles. The molecule has 1 heterocycles. The first-order chi connectivity index (χ1) is 7.66. The molecule has 0 amide bonds. The second kappa shape index (κ2) is 4.53. The Labute approximate surface area is 102 Å². The van der Waals surface area contributed by atoms with Gasteiger partial charge in [0.25, 0.3) is 0 Å². The number of nitrogen functional groups attached to an aromatic ring is 1. The van der Waals surface area contributed by atoms with Crippen LogP contribution in [0.4, 0.5) is 5.69 Å². The standard InChI is InChI=1S/C12H11BrN2O/c1-8-3-2-4-11(12(8)14)16-10-5-9(13)6-15-7-10/h2-7H,14H2,1H3. The molecule has 1 aromatic carbocycles. The Balaban J connectivity index is 2.31. The minimum Gasteiger partial charge on any atom is -0.454 e. The zero-order chi connectivity index (χ0) is 11.5. The number of benzene rings is 1. The molecule has 2 rings (SSSR count). The summed E-state index contributed by atoms with van der Waals surface area (Å²) in [5.74, 6) is 1.31. The van der Waals surface area contributed by atoms with Crippen LogP contribution in [0.15, 0.2) is 41.1 Å². The average Bonchev–Trinajstić information content (AvgIpc) is 2.25. The highest BCUT2D eigenvalue weighted by molar-refractivity contribution is 9.10. The second-order valence-corrected chi connectivity index (χ2v) is 4.34. The fourth-order valence-corrected chi connectivity index (χ4v) is 1.66. The van der Waals surface area contributed by atoms with Crippen LogP contribution in [0.25, 0.3) is 0 Å². The van der Waals surface area contributed by atoms with E-state index in [-0.39, 0.29) is 0 Å². The third kappa shape index (κ3) is 2.33. The van der Waals surface area contributed by atoms with Crippen molar-refractivity contribution in [1.82, 2.24) is 4.98 Å². The molecule has 3 nitrogen and oxygen atoms in total. The van der Waals surface area contributed by atoms with Gasteiger partial charge in [-0.05, 0) is 40.5 Å². The van der Waals surface area contributed by atoms with E-state index in [1.165, 1.54) is 0 Å². The third-order valence-corrected chi connectivity index (χ3v) is 2.63. The van der Waals surface area contributed by atoms with Gasteiger partial charge in [0.15, 0.2) is 5.75 Å². The predicted octanol–water partition coefficient (Wildman–Crippen LogP) is 3.53. The van der Waals surface area contributed by atoms with Gasteiger partial charge in [-0.2, -0.15) is 0 Å². The average molecular weight is 279 g/mol. The summed E-state index contributed by atoms with van der Waals surface area (Å²) in [7, 11) is 0. The van der Waals surface area contributed by atoms with E-state index in [1.54, 1.807) is 12.4 Å². The smallest absolute Gasteiger partial charge is 0.150 e. The zero-order valence-electron chi connectivity index (χ0n) is 8.77. The van der Waals surface area contributed by atoms with Gasteiger partial charge in [-0.25, -0.2) is 0 Å². The molecule has 4 heteroatoms. The van der Waals surface area contributed by atoms with Crippen LogP contribution in [0.1, 0.15) is 5.56 Å². The summed E-state index contributed by atoms with van der Waals surface area (Å²) in [5, 5.41) is 0. The lowest BCUT2D eigenvalue weighted by molar-refractivity contribution is 0.482. The molecule has 16 heavy (non-hydrogen) atoms. The Morgan fingerprint density at radius 3 is 2.88 bits per heavy atom. The topological polar surface area (TPSA) is 48.1 Å². The van der Waals surface area contributed by atoms with Gasteiger partial charge in [-0.3, -0.25) is 4.98 Å². The SMILES string of the molecule is Cc1cccc(Oc2cncc(Br)c2)c1N. The fraction of sp³-hybridized carbons (Fsp3) is 0.0833. The molecule has 0 unspecified atom stereocenters. The van der Waals surface area contributed by atoms with Crippen molar-refractivity contribution in [3.05, 3.63) is 46.7 Å². The molecule has 2 aromatic rings. The number of nitrogens with zero attached hydrogens (tertiary/aromatic N) is 1.